The summed E-state index contributed by atoms with van der Waals surface area (Å²) in [5.74, 6) is 1.08. The molecule has 25 heavy (non-hydrogen) atoms. The van der Waals surface area contributed by atoms with E-state index in [4.69, 9.17) is 0 Å². The minimum absolute atomic E-state index is 0.129. The second kappa shape index (κ2) is 8.11. The first-order valence-electron chi connectivity index (χ1n) is 8.00. The molecule has 0 aliphatic carbocycles. The summed E-state index contributed by atoms with van der Waals surface area (Å²) in [4.78, 5) is 12.4. The van der Waals surface area contributed by atoms with Crippen molar-refractivity contribution in [2.45, 2.75) is 18.9 Å². The van der Waals surface area contributed by atoms with Gasteiger partial charge in [0, 0.05) is 6.20 Å². The molecule has 1 unspecified atom stereocenters. The molecule has 1 amide bonds. The van der Waals surface area contributed by atoms with Crippen molar-refractivity contribution in [1.29, 1.82) is 0 Å². The van der Waals surface area contributed by atoms with E-state index >= 15 is 0 Å². The Morgan fingerprint density at radius 2 is 2.16 bits per heavy atom. The molecule has 0 radical (unpaired) electrons. The van der Waals surface area contributed by atoms with Crippen LogP contribution in [0.3, 0.4) is 0 Å². The van der Waals surface area contributed by atoms with Gasteiger partial charge < -0.3 is 5.32 Å². The number of hydrogen-bond acceptors (Lipinski definition) is 4. The quantitative estimate of drug-likeness (QED) is 0.705. The highest BCUT2D eigenvalue weighted by molar-refractivity contribution is 7.98. The number of benzene rings is 1. The van der Waals surface area contributed by atoms with Crippen LogP contribution in [0.5, 0.6) is 0 Å². The molecular formula is C18H19FN4OS. The molecule has 0 saturated carbocycles. The van der Waals surface area contributed by atoms with E-state index in [1.54, 1.807) is 23.9 Å². The van der Waals surface area contributed by atoms with Gasteiger partial charge in [0.25, 0.3) is 0 Å². The molecule has 2 heterocycles. The molecule has 5 nitrogen and oxygen atoms in total. The summed E-state index contributed by atoms with van der Waals surface area (Å²) in [6.45, 7) is 0. The van der Waals surface area contributed by atoms with Crippen molar-refractivity contribution in [2.24, 2.45) is 0 Å². The zero-order chi connectivity index (χ0) is 17.6. The number of aromatic nitrogens is 3. The van der Waals surface area contributed by atoms with Crippen LogP contribution in [0, 0.1) is 5.82 Å². The van der Waals surface area contributed by atoms with E-state index in [1.165, 1.54) is 12.1 Å². The molecule has 0 spiro atoms. The molecule has 0 aliphatic rings. The van der Waals surface area contributed by atoms with Gasteiger partial charge >= 0.3 is 0 Å². The Bertz CT molecular complexity index is 867. The van der Waals surface area contributed by atoms with Crippen LogP contribution in [-0.2, 0) is 11.2 Å². The molecule has 0 fully saturated rings. The summed E-state index contributed by atoms with van der Waals surface area (Å²) in [7, 11) is 0. The molecular weight excluding hydrogens is 339 g/mol. The monoisotopic (exact) mass is 358 g/mol. The minimum Gasteiger partial charge on any atom is -0.346 e. The van der Waals surface area contributed by atoms with Gasteiger partial charge in [-0.15, -0.1) is 10.2 Å². The lowest BCUT2D eigenvalue weighted by Gasteiger charge is -2.17. The van der Waals surface area contributed by atoms with Crippen molar-refractivity contribution in [3.8, 4) is 0 Å². The number of amides is 1. The van der Waals surface area contributed by atoms with Crippen molar-refractivity contribution < 1.29 is 9.18 Å². The van der Waals surface area contributed by atoms with Crippen molar-refractivity contribution in [3.63, 3.8) is 0 Å². The Kier molecular flexibility index (Phi) is 5.65. The Morgan fingerprint density at radius 3 is 2.96 bits per heavy atom. The van der Waals surface area contributed by atoms with E-state index in [2.05, 4.69) is 15.5 Å². The highest BCUT2D eigenvalue weighted by Crippen LogP contribution is 2.18. The molecule has 0 aliphatic heterocycles. The van der Waals surface area contributed by atoms with Crippen LogP contribution in [0.25, 0.3) is 5.65 Å². The van der Waals surface area contributed by atoms with Gasteiger partial charge in [-0.05, 0) is 48.3 Å². The highest BCUT2D eigenvalue weighted by Gasteiger charge is 2.20. The number of carbonyl (C=O) groups excluding carboxylic acids is 1. The Morgan fingerprint density at radius 1 is 1.28 bits per heavy atom. The average Bonchev–Trinajstić information content (AvgIpc) is 3.02. The maximum Gasteiger partial charge on any atom is 0.225 e. The summed E-state index contributed by atoms with van der Waals surface area (Å²) in [6.07, 6.45) is 4.78. The lowest BCUT2D eigenvalue weighted by atomic mass is 10.1. The zero-order valence-corrected chi connectivity index (χ0v) is 14.7. The van der Waals surface area contributed by atoms with E-state index in [0.717, 1.165) is 17.8 Å². The number of halogens is 1. The number of thioether (sulfide) groups is 1. The number of pyridine rings is 1. The lowest BCUT2D eigenvalue weighted by Crippen LogP contribution is -2.31. The SMILES string of the molecule is CSCCC(NC(=O)Cc1cccc(F)c1)c1nnc2ccccn12. The fraction of sp³-hybridized carbons (Fsp3) is 0.278. The molecule has 0 saturated heterocycles. The summed E-state index contributed by atoms with van der Waals surface area (Å²) in [6, 6.07) is 11.5. The van der Waals surface area contributed by atoms with Crippen molar-refractivity contribution in [2.75, 3.05) is 12.0 Å². The maximum absolute atomic E-state index is 13.3. The van der Waals surface area contributed by atoms with Gasteiger partial charge in [0.2, 0.25) is 5.91 Å². The second-order valence-electron chi connectivity index (χ2n) is 5.70. The van der Waals surface area contributed by atoms with E-state index in [-0.39, 0.29) is 24.2 Å². The molecule has 2 aromatic heterocycles. The van der Waals surface area contributed by atoms with E-state index in [1.807, 2.05) is 35.1 Å². The number of hydrogen-bond donors (Lipinski definition) is 1. The van der Waals surface area contributed by atoms with Gasteiger partial charge in [0.05, 0.1) is 12.5 Å². The Balaban J connectivity index is 1.77. The first kappa shape index (κ1) is 17.4. The van der Waals surface area contributed by atoms with Crippen molar-refractivity contribution in [1.82, 2.24) is 19.9 Å². The van der Waals surface area contributed by atoms with Crippen LogP contribution in [0.15, 0.2) is 48.7 Å². The summed E-state index contributed by atoms with van der Waals surface area (Å²) >= 11 is 1.71. The lowest BCUT2D eigenvalue weighted by molar-refractivity contribution is -0.121. The van der Waals surface area contributed by atoms with Crippen LogP contribution >= 0.6 is 11.8 Å². The van der Waals surface area contributed by atoms with E-state index in [9.17, 15) is 9.18 Å². The zero-order valence-electron chi connectivity index (χ0n) is 13.9. The van der Waals surface area contributed by atoms with Crippen LogP contribution in [0.2, 0.25) is 0 Å². The fourth-order valence-electron chi connectivity index (χ4n) is 2.68. The normalized spacial score (nSPS) is 12.2. The predicted octanol–water partition coefficient (Wildman–Crippen LogP) is 3.02. The molecule has 0 bridgehead atoms. The van der Waals surface area contributed by atoms with E-state index in [0.29, 0.717) is 11.4 Å². The summed E-state index contributed by atoms with van der Waals surface area (Å²) < 4.78 is 15.2. The summed E-state index contributed by atoms with van der Waals surface area (Å²) in [5, 5.41) is 11.4. The third-order valence-electron chi connectivity index (χ3n) is 3.85. The molecule has 3 aromatic rings. The smallest absolute Gasteiger partial charge is 0.225 e. The van der Waals surface area contributed by atoms with Gasteiger partial charge in [-0.3, -0.25) is 9.20 Å². The predicted molar refractivity (Wildman–Crippen MR) is 97.0 cm³/mol. The standard InChI is InChI=1S/C18H19FN4OS/c1-25-10-8-15(18-22-21-16-7-2-3-9-23(16)18)20-17(24)12-13-5-4-6-14(19)11-13/h2-7,9,11,15H,8,10,12H2,1H3,(H,20,24). The number of nitrogens with zero attached hydrogens (tertiary/aromatic N) is 3. The van der Waals surface area contributed by atoms with Crippen LogP contribution in [0.4, 0.5) is 4.39 Å². The van der Waals surface area contributed by atoms with Crippen molar-refractivity contribution >= 4 is 23.3 Å². The minimum atomic E-state index is -0.340. The van der Waals surface area contributed by atoms with Crippen LogP contribution in [-0.4, -0.2) is 32.5 Å². The van der Waals surface area contributed by atoms with Crippen molar-refractivity contribution in [3.05, 3.63) is 65.9 Å². The van der Waals surface area contributed by atoms with Gasteiger partial charge in [-0.25, -0.2) is 4.39 Å². The molecule has 130 valence electrons. The Labute approximate surface area is 149 Å². The molecule has 1 N–H and O–H groups in total. The third kappa shape index (κ3) is 4.36. The first-order valence-corrected chi connectivity index (χ1v) is 9.39. The molecule has 1 aromatic carbocycles. The second-order valence-corrected chi connectivity index (χ2v) is 6.68. The fourth-order valence-corrected chi connectivity index (χ4v) is 3.15. The molecule has 3 rings (SSSR count). The van der Waals surface area contributed by atoms with Gasteiger partial charge in [-0.2, -0.15) is 11.8 Å². The Hall–Kier alpha value is -2.41. The number of nitrogens with one attached hydrogen (secondary N) is 1. The summed E-state index contributed by atoms with van der Waals surface area (Å²) in [5.41, 5.74) is 1.39. The molecule has 7 heteroatoms. The van der Waals surface area contributed by atoms with Gasteiger partial charge in [0.15, 0.2) is 11.5 Å². The molecule has 1 atom stereocenters. The number of carbonyl (C=O) groups is 1. The van der Waals surface area contributed by atoms with Gasteiger partial charge in [0.1, 0.15) is 5.82 Å². The largest absolute Gasteiger partial charge is 0.346 e. The van der Waals surface area contributed by atoms with Gasteiger partial charge in [-0.1, -0.05) is 18.2 Å². The number of fused-ring (bicyclic) bond motifs is 1. The van der Waals surface area contributed by atoms with Crippen LogP contribution in [0.1, 0.15) is 23.9 Å². The average molecular weight is 358 g/mol. The maximum atomic E-state index is 13.3. The van der Waals surface area contributed by atoms with Crippen LogP contribution < -0.4 is 5.32 Å². The van der Waals surface area contributed by atoms with E-state index < -0.39 is 0 Å². The number of rotatable bonds is 7. The topological polar surface area (TPSA) is 59.3 Å². The first-order chi connectivity index (χ1) is 12.2. The highest BCUT2D eigenvalue weighted by atomic mass is 32.2. The third-order valence-corrected chi connectivity index (χ3v) is 4.50.